The van der Waals surface area contributed by atoms with Crippen molar-refractivity contribution in [2.24, 2.45) is 0 Å². The van der Waals surface area contributed by atoms with Crippen molar-refractivity contribution in [1.29, 1.82) is 0 Å². The largest absolute Gasteiger partial charge is 0.335 e. The molecule has 0 unspecified atom stereocenters. The lowest BCUT2D eigenvalue weighted by Crippen LogP contribution is -2.32. The standard InChI is InChI=1S/C18H22N2O3/c1-4-19(11-13(2)3)18(23)15-7-5-14(6-8-15)12-20-16(21)9-10-17(20)22/h5-8H,2,4,9-12H2,1,3H3. The van der Waals surface area contributed by atoms with Gasteiger partial charge in [-0.2, -0.15) is 0 Å². The van der Waals surface area contributed by atoms with E-state index >= 15 is 0 Å². The molecule has 2 rings (SSSR count). The summed E-state index contributed by atoms with van der Waals surface area (Å²) in [5, 5.41) is 0. The van der Waals surface area contributed by atoms with E-state index in [4.69, 9.17) is 0 Å². The highest BCUT2D eigenvalue weighted by Crippen LogP contribution is 2.17. The topological polar surface area (TPSA) is 57.7 Å². The van der Waals surface area contributed by atoms with Crippen molar-refractivity contribution in [1.82, 2.24) is 9.80 Å². The van der Waals surface area contributed by atoms with E-state index in [1.807, 2.05) is 13.8 Å². The summed E-state index contributed by atoms with van der Waals surface area (Å²) in [5.41, 5.74) is 2.37. The zero-order valence-electron chi connectivity index (χ0n) is 13.7. The number of nitrogens with zero attached hydrogens (tertiary/aromatic N) is 2. The van der Waals surface area contributed by atoms with E-state index in [0.29, 0.717) is 31.5 Å². The third kappa shape index (κ3) is 4.06. The Bertz CT molecular complexity index is 618. The van der Waals surface area contributed by atoms with E-state index in [1.54, 1.807) is 29.2 Å². The van der Waals surface area contributed by atoms with Crippen LogP contribution >= 0.6 is 0 Å². The molecule has 1 aliphatic heterocycles. The van der Waals surface area contributed by atoms with E-state index in [9.17, 15) is 14.4 Å². The summed E-state index contributed by atoms with van der Waals surface area (Å²) >= 11 is 0. The van der Waals surface area contributed by atoms with Gasteiger partial charge in [0.05, 0.1) is 6.54 Å². The van der Waals surface area contributed by atoms with E-state index in [1.165, 1.54) is 4.90 Å². The fourth-order valence-corrected chi connectivity index (χ4v) is 2.57. The summed E-state index contributed by atoms with van der Waals surface area (Å²) < 4.78 is 0. The van der Waals surface area contributed by atoms with Crippen LogP contribution in [0.1, 0.15) is 42.6 Å². The minimum atomic E-state index is -0.131. The van der Waals surface area contributed by atoms with E-state index in [-0.39, 0.29) is 24.3 Å². The molecule has 0 atom stereocenters. The highest BCUT2D eigenvalue weighted by molar-refractivity contribution is 6.01. The van der Waals surface area contributed by atoms with Gasteiger partial charge in [0.15, 0.2) is 0 Å². The minimum absolute atomic E-state index is 0.0459. The molecule has 1 fully saturated rings. The van der Waals surface area contributed by atoms with Gasteiger partial charge < -0.3 is 4.90 Å². The second kappa shape index (κ2) is 7.22. The number of carbonyl (C=O) groups excluding carboxylic acids is 3. The molecule has 1 heterocycles. The zero-order valence-corrected chi connectivity index (χ0v) is 13.7. The Morgan fingerprint density at radius 3 is 2.22 bits per heavy atom. The van der Waals surface area contributed by atoms with Crippen LogP contribution in [0.5, 0.6) is 0 Å². The molecule has 0 aromatic heterocycles. The van der Waals surface area contributed by atoms with Crippen molar-refractivity contribution in [3.8, 4) is 0 Å². The average Bonchev–Trinajstić information content (AvgIpc) is 2.84. The second-order valence-electron chi connectivity index (χ2n) is 5.85. The first-order valence-corrected chi connectivity index (χ1v) is 7.78. The Kier molecular flexibility index (Phi) is 5.32. The van der Waals surface area contributed by atoms with Crippen molar-refractivity contribution in [2.45, 2.75) is 33.2 Å². The fraction of sp³-hybridized carbons (Fsp3) is 0.389. The number of benzene rings is 1. The van der Waals surface area contributed by atoms with Crippen LogP contribution < -0.4 is 0 Å². The first kappa shape index (κ1) is 16.9. The number of likely N-dealkylation sites (N-methyl/N-ethyl adjacent to an activating group) is 1. The lowest BCUT2D eigenvalue weighted by atomic mass is 10.1. The summed E-state index contributed by atoms with van der Waals surface area (Å²) in [4.78, 5) is 38.7. The van der Waals surface area contributed by atoms with E-state index in [0.717, 1.165) is 11.1 Å². The van der Waals surface area contributed by atoms with Gasteiger partial charge in [-0.25, -0.2) is 0 Å². The number of imide groups is 1. The van der Waals surface area contributed by atoms with Crippen LogP contribution in [-0.4, -0.2) is 40.6 Å². The van der Waals surface area contributed by atoms with Crippen LogP contribution in [0.4, 0.5) is 0 Å². The Labute approximate surface area is 136 Å². The highest BCUT2D eigenvalue weighted by Gasteiger charge is 2.28. The van der Waals surface area contributed by atoms with Gasteiger partial charge in [-0.1, -0.05) is 24.3 Å². The molecule has 3 amide bonds. The summed E-state index contributed by atoms with van der Waals surface area (Å²) in [6, 6.07) is 7.06. The Morgan fingerprint density at radius 2 is 1.74 bits per heavy atom. The second-order valence-corrected chi connectivity index (χ2v) is 5.85. The number of rotatable bonds is 6. The number of hydrogen-bond acceptors (Lipinski definition) is 3. The molecule has 0 saturated carbocycles. The summed E-state index contributed by atoms with van der Waals surface area (Å²) in [7, 11) is 0. The van der Waals surface area contributed by atoms with Gasteiger partial charge >= 0.3 is 0 Å². The predicted molar refractivity (Wildman–Crippen MR) is 87.6 cm³/mol. The van der Waals surface area contributed by atoms with Crippen LogP contribution in [0.3, 0.4) is 0 Å². The Balaban J connectivity index is 2.06. The summed E-state index contributed by atoms with van der Waals surface area (Å²) in [5.74, 6) is -0.307. The monoisotopic (exact) mass is 314 g/mol. The van der Waals surface area contributed by atoms with Gasteiger partial charge in [-0.3, -0.25) is 19.3 Å². The first-order valence-electron chi connectivity index (χ1n) is 7.78. The number of likely N-dealkylation sites (tertiary alicyclic amines) is 1. The van der Waals surface area contributed by atoms with Crippen molar-refractivity contribution in [3.05, 3.63) is 47.5 Å². The van der Waals surface area contributed by atoms with Gasteiger partial charge in [0.1, 0.15) is 0 Å². The third-order valence-electron chi connectivity index (χ3n) is 3.83. The van der Waals surface area contributed by atoms with Gasteiger partial charge in [-0.05, 0) is 31.5 Å². The number of carbonyl (C=O) groups is 3. The molecule has 0 aliphatic carbocycles. The van der Waals surface area contributed by atoms with Crippen LogP contribution in [-0.2, 0) is 16.1 Å². The van der Waals surface area contributed by atoms with Gasteiger partial charge in [-0.15, -0.1) is 0 Å². The normalized spacial score (nSPS) is 14.3. The molecule has 0 radical (unpaired) electrons. The fourth-order valence-electron chi connectivity index (χ4n) is 2.57. The zero-order chi connectivity index (χ0) is 17.0. The molecular weight excluding hydrogens is 292 g/mol. The van der Waals surface area contributed by atoms with Crippen LogP contribution in [0.15, 0.2) is 36.4 Å². The maximum Gasteiger partial charge on any atom is 0.254 e. The van der Waals surface area contributed by atoms with Crippen molar-refractivity contribution >= 4 is 17.7 Å². The maximum absolute atomic E-state index is 12.4. The van der Waals surface area contributed by atoms with Gasteiger partial charge in [0, 0.05) is 31.5 Å². The van der Waals surface area contributed by atoms with Crippen LogP contribution in [0.2, 0.25) is 0 Å². The molecule has 5 heteroatoms. The molecular formula is C18H22N2O3. The van der Waals surface area contributed by atoms with E-state index < -0.39 is 0 Å². The van der Waals surface area contributed by atoms with Crippen molar-refractivity contribution in [3.63, 3.8) is 0 Å². The Morgan fingerprint density at radius 1 is 1.17 bits per heavy atom. The third-order valence-corrected chi connectivity index (χ3v) is 3.83. The molecule has 5 nitrogen and oxygen atoms in total. The predicted octanol–water partition coefficient (Wildman–Crippen LogP) is 2.37. The molecule has 1 aromatic carbocycles. The Hall–Kier alpha value is -2.43. The highest BCUT2D eigenvalue weighted by atomic mass is 16.2. The number of amides is 3. The van der Waals surface area contributed by atoms with Crippen molar-refractivity contribution in [2.75, 3.05) is 13.1 Å². The van der Waals surface area contributed by atoms with Gasteiger partial charge in [0.2, 0.25) is 11.8 Å². The SMILES string of the molecule is C=C(C)CN(CC)C(=O)c1ccc(CN2C(=O)CCC2=O)cc1. The molecule has 23 heavy (non-hydrogen) atoms. The lowest BCUT2D eigenvalue weighted by molar-refractivity contribution is -0.139. The first-order chi connectivity index (χ1) is 10.9. The van der Waals surface area contributed by atoms with Crippen LogP contribution in [0, 0.1) is 0 Å². The molecule has 1 aromatic rings. The molecule has 0 spiro atoms. The summed E-state index contributed by atoms with van der Waals surface area (Å²) in [6.45, 7) is 9.09. The van der Waals surface area contributed by atoms with E-state index in [2.05, 4.69) is 6.58 Å². The molecule has 0 bridgehead atoms. The lowest BCUT2D eigenvalue weighted by Gasteiger charge is -2.21. The van der Waals surface area contributed by atoms with Crippen molar-refractivity contribution < 1.29 is 14.4 Å². The molecule has 1 aliphatic rings. The quantitative estimate of drug-likeness (QED) is 0.598. The smallest absolute Gasteiger partial charge is 0.254 e. The molecule has 0 N–H and O–H groups in total. The maximum atomic E-state index is 12.4. The number of hydrogen-bond donors (Lipinski definition) is 0. The van der Waals surface area contributed by atoms with Crippen LogP contribution in [0.25, 0.3) is 0 Å². The summed E-state index contributed by atoms with van der Waals surface area (Å²) in [6.07, 6.45) is 0.587. The molecule has 122 valence electrons. The minimum Gasteiger partial charge on any atom is -0.335 e. The molecule has 1 saturated heterocycles. The average molecular weight is 314 g/mol. The van der Waals surface area contributed by atoms with Gasteiger partial charge in [0.25, 0.3) is 5.91 Å².